The summed E-state index contributed by atoms with van der Waals surface area (Å²) in [4.78, 5) is 12.0. The SMILES string of the molecule is COc1ccc(NC(=O)CC2CCCCO2)cc1OC. The van der Waals surface area contributed by atoms with Crippen LogP contribution < -0.4 is 14.8 Å². The summed E-state index contributed by atoms with van der Waals surface area (Å²) in [5, 5.41) is 2.86. The Kier molecular flexibility index (Phi) is 5.24. The number of benzene rings is 1. The molecule has 110 valence electrons. The summed E-state index contributed by atoms with van der Waals surface area (Å²) < 4.78 is 15.9. The number of anilines is 1. The molecule has 1 aliphatic heterocycles. The van der Waals surface area contributed by atoms with Crippen LogP contribution in [0.4, 0.5) is 5.69 Å². The largest absolute Gasteiger partial charge is 0.493 e. The van der Waals surface area contributed by atoms with Crippen LogP contribution in [-0.2, 0) is 9.53 Å². The normalized spacial score (nSPS) is 18.4. The lowest BCUT2D eigenvalue weighted by atomic mass is 10.1. The molecule has 1 amide bonds. The molecule has 0 radical (unpaired) electrons. The van der Waals surface area contributed by atoms with Crippen molar-refractivity contribution in [3.63, 3.8) is 0 Å². The molecule has 0 aromatic heterocycles. The van der Waals surface area contributed by atoms with Crippen LogP contribution in [0.3, 0.4) is 0 Å². The van der Waals surface area contributed by atoms with Crippen LogP contribution >= 0.6 is 0 Å². The van der Waals surface area contributed by atoms with Crippen molar-refractivity contribution >= 4 is 11.6 Å². The number of ether oxygens (including phenoxy) is 3. The van der Waals surface area contributed by atoms with Gasteiger partial charge in [0.25, 0.3) is 0 Å². The average Bonchev–Trinajstić information content (AvgIpc) is 2.48. The molecule has 0 saturated carbocycles. The zero-order chi connectivity index (χ0) is 14.4. The van der Waals surface area contributed by atoms with Gasteiger partial charge in [0.15, 0.2) is 11.5 Å². The van der Waals surface area contributed by atoms with Gasteiger partial charge in [0.05, 0.1) is 26.7 Å². The van der Waals surface area contributed by atoms with Gasteiger partial charge in [-0.05, 0) is 31.4 Å². The molecule has 1 atom stereocenters. The van der Waals surface area contributed by atoms with Crippen LogP contribution in [0.15, 0.2) is 18.2 Å². The van der Waals surface area contributed by atoms with Crippen molar-refractivity contribution in [2.24, 2.45) is 0 Å². The Hall–Kier alpha value is -1.75. The first-order valence-electron chi connectivity index (χ1n) is 6.86. The van der Waals surface area contributed by atoms with E-state index in [-0.39, 0.29) is 12.0 Å². The third kappa shape index (κ3) is 3.87. The van der Waals surface area contributed by atoms with E-state index in [1.165, 1.54) is 0 Å². The van der Waals surface area contributed by atoms with Gasteiger partial charge < -0.3 is 19.5 Å². The second-order valence-electron chi connectivity index (χ2n) is 4.81. The molecule has 5 heteroatoms. The van der Waals surface area contributed by atoms with E-state index in [1.807, 2.05) is 0 Å². The fourth-order valence-corrected chi connectivity index (χ4v) is 2.30. The van der Waals surface area contributed by atoms with Crippen molar-refractivity contribution < 1.29 is 19.0 Å². The fourth-order valence-electron chi connectivity index (χ4n) is 2.30. The molecule has 2 rings (SSSR count). The highest BCUT2D eigenvalue weighted by atomic mass is 16.5. The van der Waals surface area contributed by atoms with Crippen molar-refractivity contribution in [1.29, 1.82) is 0 Å². The van der Waals surface area contributed by atoms with Crippen molar-refractivity contribution in [1.82, 2.24) is 0 Å². The Morgan fingerprint density at radius 2 is 2.10 bits per heavy atom. The monoisotopic (exact) mass is 279 g/mol. The molecular formula is C15H21NO4. The van der Waals surface area contributed by atoms with E-state index in [2.05, 4.69) is 5.32 Å². The summed E-state index contributed by atoms with van der Waals surface area (Å²) in [6, 6.07) is 5.31. The highest BCUT2D eigenvalue weighted by Crippen LogP contribution is 2.29. The molecular weight excluding hydrogens is 258 g/mol. The van der Waals surface area contributed by atoms with E-state index in [9.17, 15) is 4.79 Å². The van der Waals surface area contributed by atoms with Gasteiger partial charge in [-0.25, -0.2) is 0 Å². The van der Waals surface area contributed by atoms with Crippen molar-refractivity contribution in [2.45, 2.75) is 31.8 Å². The molecule has 1 aromatic carbocycles. The van der Waals surface area contributed by atoms with Gasteiger partial charge in [-0.15, -0.1) is 0 Å². The summed E-state index contributed by atoms with van der Waals surface area (Å²) >= 11 is 0. The van der Waals surface area contributed by atoms with Crippen LogP contribution in [0.2, 0.25) is 0 Å². The third-order valence-electron chi connectivity index (χ3n) is 3.35. The molecule has 1 aliphatic rings. The van der Waals surface area contributed by atoms with E-state index >= 15 is 0 Å². The third-order valence-corrected chi connectivity index (χ3v) is 3.35. The predicted molar refractivity (Wildman–Crippen MR) is 76.4 cm³/mol. The Bertz CT molecular complexity index is 455. The maximum atomic E-state index is 12.0. The Labute approximate surface area is 119 Å². The summed E-state index contributed by atoms with van der Waals surface area (Å²) in [7, 11) is 3.15. The fraction of sp³-hybridized carbons (Fsp3) is 0.533. The van der Waals surface area contributed by atoms with Gasteiger partial charge in [0.2, 0.25) is 5.91 Å². The zero-order valence-electron chi connectivity index (χ0n) is 12.0. The second kappa shape index (κ2) is 7.14. The quantitative estimate of drug-likeness (QED) is 0.900. The van der Waals surface area contributed by atoms with Crippen molar-refractivity contribution in [3.05, 3.63) is 18.2 Å². The molecule has 20 heavy (non-hydrogen) atoms. The molecule has 1 unspecified atom stereocenters. The smallest absolute Gasteiger partial charge is 0.226 e. The maximum absolute atomic E-state index is 12.0. The molecule has 1 saturated heterocycles. The van der Waals surface area contributed by atoms with Gasteiger partial charge in [-0.1, -0.05) is 0 Å². The number of amides is 1. The first kappa shape index (κ1) is 14.7. The van der Waals surface area contributed by atoms with Crippen LogP contribution in [0.25, 0.3) is 0 Å². The number of hydrogen-bond acceptors (Lipinski definition) is 4. The molecule has 0 aliphatic carbocycles. The van der Waals surface area contributed by atoms with E-state index in [0.717, 1.165) is 25.9 Å². The molecule has 0 spiro atoms. The minimum Gasteiger partial charge on any atom is -0.493 e. The highest BCUT2D eigenvalue weighted by molar-refractivity contribution is 5.91. The minimum absolute atomic E-state index is 0.0379. The van der Waals surface area contributed by atoms with Gasteiger partial charge in [-0.2, -0.15) is 0 Å². The summed E-state index contributed by atoms with van der Waals surface area (Å²) in [5.74, 6) is 1.20. The number of methoxy groups -OCH3 is 2. The minimum atomic E-state index is -0.0379. The summed E-state index contributed by atoms with van der Waals surface area (Å²) in [5.41, 5.74) is 0.698. The first-order valence-corrected chi connectivity index (χ1v) is 6.86. The van der Waals surface area contributed by atoms with Crippen LogP contribution in [0.5, 0.6) is 11.5 Å². The van der Waals surface area contributed by atoms with Gasteiger partial charge >= 0.3 is 0 Å². The Morgan fingerprint density at radius 3 is 2.75 bits per heavy atom. The van der Waals surface area contributed by atoms with E-state index in [0.29, 0.717) is 23.6 Å². The predicted octanol–water partition coefficient (Wildman–Crippen LogP) is 2.60. The number of nitrogens with one attached hydrogen (secondary N) is 1. The van der Waals surface area contributed by atoms with Crippen molar-refractivity contribution in [2.75, 3.05) is 26.1 Å². The molecule has 1 N–H and O–H groups in total. The lowest BCUT2D eigenvalue weighted by Gasteiger charge is -2.22. The van der Waals surface area contributed by atoms with Crippen LogP contribution in [0, 0.1) is 0 Å². The standard InChI is InChI=1S/C15H21NO4/c1-18-13-7-6-11(9-14(13)19-2)16-15(17)10-12-5-3-4-8-20-12/h6-7,9,12H,3-5,8,10H2,1-2H3,(H,16,17). The number of rotatable bonds is 5. The molecule has 0 bridgehead atoms. The van der Waals surface area contributed by atoms with E-state index in [1.54, 1.807) is 32.4 Å². The van der Waals surface area contributed by atoms with Crippen LogP contribution in [-0.4, -0.2) is 32.8 Å². The molecule has 1 heterocycles. The molecule has 1 aromatic rings. The van der Waals surface area contributed by atoms with Gasteiger partial charge in [0, 0.05) is 18.4 Å². The Balaban J connectivity index is 1.93. The second-order valence-corrected chi connectivity index (χ2v) is 4.81. The maximum Gasteiger partial charge on any atom is 0.226 e. The van der Waals surface area contributed by atoms with Gasteiger partial charge in [-0.3, -0.25) is 4.79 Å². The topological polar surface area (TPSA) is 56.8 Å². The molecule has 1 fully saturated rings. The van der Waals surface area contributed by atoms with E-state index in [4.69, 9.17) is 14.2 Å². The lowest BCUT2D eigenvalue weighted by molar-refractivity contribution is -0.119. The van der Waals surface area contributed by atoms with Gasteiger partial charge in [0.1, 0.15) is 0 Å². The first-order chi connectivity index (χ1) is 9.72. The summed E-state index contributed by atoms with van der Waals surface area (Å²) in [6.45, 7) is 0.758. The molecule has 5 nitrogen and oxygen atoms in total. The highest BCUT2D eigenvalue weighted by Gasteiger charge is 2.18. The van der Waals surface area contributed by atoms with Crippen LogP contribution in [0.1, 0.15) is 25.7 Å². The zero-order valence-corrected chi connectivity index (χ0v) is 12.0. The Morgan fingerprint density at radius 1 is 1.30 bits per heavy atom. The number of carbonyl (C=O) groups excluding carboxylic acids is 1. The van der Waals surface area contributed by atoms with Crippen molar-refractivity contribution in [3.8, 4) is 11.5 Å². The summed E-state index contributed by atoms with van der Waals surface area (Å²) in [6.07, 6.45) is 3.62. The number of hydrogen-bond donors (Lipinski definition) is 1. The lowest BCUT2D eigenvalue weighted by Crippen LogP contribution is -2.25. The number of carbonyl (C=O) groups is 1. The average molecular weight is 279 g/mol. The van der Waals surface area contributed by atoms with E-state index < -0.39 is 0 Å².